The van der Waals surface area contributed by atoms with Crippen LogP contribution in [-0.4, -0.2) is 49.5 Å². The van der Waals surface area contributed by atoms with E-state index < -0.39 is 0 Å². The first-order valence-corrected chi connectivity index (χ1v) is 11.2. The third kappa shape index (κ3) is 7.32. The molecule has 2 unspecified atom stereocenters. The summed E-state index contributed by atoms with van der Waals surface area (Å²) < 4.78 is 0. The molecule has 0 amide bonds. The summed E-state index contributed by atoms with van der Waals surface area (Å²) in [5, 5.41) is 1.59. The molecule has 0 aliphatic rings. The lowest BCUT2D eigenvalue weighted by Crippen LogP contribution is -2.21. The number of halogens is 2. The molecule has 2 nitrogen and oxygen atoms in total. The number of thioether (sulfide) groups is 1. The molecule has 0 radical (unpaired) electrons. The first kappa shape index (κ1) is 22.6. The van der Waals surface area contributed by atoms with Gasteiger partial charge in [-0.15, -0.1) is 0 Å². The Morgan fingerprint density at radius 3 is 1.30 bits per heavy atom. The highest BCUT2D eigenvalue weighted by Gasteiger charge is 2.16. The first-order chi connectivity index (χ1) is 12.9. The van der Waals surface area contributed by atoms with Crippen molar-refractivity contribution in [3.05, 3.63) is 69.7 Å². The number of hydrogen-bond donors (Lipinski definition) is 0. The molecule has 0 fully saturated rings. The fraction of sp³-hybridized carbons (Fsp3) is 0.455. The van der Waals surface area contributed by atoms with Gasteiger partial charge in [0, 0.05) is 22.1 Å². The quantitative estimate of drug-likeness (QED) is 0.406. The Morgan fingerprint density at radius 2 is 1.00 bits per heavy atom. The molecule has 0 aliphatic heterocycles. The smallest absolute Gasteiger partial charge is 0.0406 e. The highest BCUT2D eigenvalue weighted by molar-refractivity contribution is 7.99. The lowest BCUT2D eigenvalue weighted by Gasteiger charge is -2.26. The van der Waals surface area contributed by atoms with Gasteiger partial charge in [-0.25, -0.2) is 0 Å². The Balaban J connectivity index is 1.83. The van der Waals surface area contributed by atoms with Crippen LogP contribution in [0.25, 0.3) is 0 Å². The lowest BCUT2D eigenvalue weighted by atomic mass is 10.0. The van der Waals surface area contributed by atoms with Crippen molar-refractivity contribution < 1.29 is 0 Å². The topological polar surface area (TPSA) is 6.48 Å². The van der Waals surface area contributed by atoms with Gasteiger partial charge < -0.3 is 9.80 Å². The van der Waals surface area contributed by atoms with Gasteiger partial charge in [0.1, 0.15) is 0 Å². The summed E-state index contributed by atoms with van der Waals surface area (Å²) >= 11 is 14.1. The largest absolute Gasteiger partial charge is 0.302 e. The van der Waals surface area contributed by atoms with Crippen LogP contribution in [0, 0.1) is 0 Å². The van der Waals surface area contributed by atoms with Gasteiger partial charge in [-0.2, -0.15) is 11.8 Å². The van der Waals surface area contributed by atoms with Gasteiger partial charge in [-0.05, 0) is 87.9 Å². The highest BCUT2D eigenvalue weighted by Crippen LogP contribution is 2.28. The minimum Gasteiger partial charge on any atom is -0.302 e. The van der Waals surface area contributed by atoms with E-state index in [1.807, 2.05) is 36.0 Å². The van der Waals surface area contributed by atoms with Crippen molar-refractivity contribution in [3.8, 4) is 0 Å². The molecular weight excluding hydrogens is 395 g/mol. The van der Waals surface area contributed by atoms with E-state index in [0.29, 0.717) is 12.1 Å². The second-order valence-corrected chi connectivity index (χ2v) is 9.35. The van der Waals surface area contributed by atoms with Gasteiger partial charge in [0.05, 0.1) is 0 Å². The molecular formula is C22H30Cl2N2S. The molecule has 0 saturated heterocycles. The van der Waals surface area contributed by atoms with E-state index in [2.05, 4.69) is 62.3 Å². The fourth-order valence-electron chi connectivity index (χ4n) is 3.31. The van der Waals surface area contributed by atoms with Crippen LogP contribution in [-0.2, 0) is 0 Å². The van der Waals surface area contributed by atoms with Crippen molar-refractivity contribution in [2.24, 2.45) is 0 Å². The van der Waals surface area contributed by atoms with Gasteiger partial charge >= 0.3 is 0 Å². The highest BCUT2D eigenvalue weighted by atomic mass is 35.5. The summed E-state index contributed by atoms with van der Waals surface area (Å²) in [5.74, 6) is 2.29. The lowest BCUT2D eigenvalue weighted by molar-refractivity contribution is 0.291. The van der Waals surface area contributed by atoms with Crippen molar-refractivity contribution in [1.29, 1.82) is 0 Å². The summed E-state index contributed by atoms with van der Waals surface area (Å²) in [7, 11) is 8.58. The van der Waals surface area contributed by atoms with Crippen LogP contribution in [0.15, 0.2) is 48.5 Å². The summed E-state index contributed by atoms with van der Waals surface area (Å²) in [6, 6.07) is 17.3. The minimum atomic E-state index is 0.427. The Hall–Kier alpha value is -0.710. The van der Waals surface area contributed by atoms with Crippen molar-refractivity contribution in [2.75, 3.05) is 39.7 Å². The zero-order valence-corrected chi connectivity index (χ0v) is 19.0. The molecule has 2 rings (SSSR count). The Labute approximate surface area is 178 Å². The van der Waals surface area contributed by atoms with Crippen LogP contribution >= 0.6 is 35.0 Å². The molecule has 0 spiro atoms. The average Bonchev–Trinajstić information content (AvgIpc) is 2.63. The van der Waals surface area contributed by atoms with Crippen molar-refractivity contribution in [3.63, 3.8) is 0 Å². The predicted octanol–water partition coefficient (Wildman–Crippen LogP) is 6.41. The molecule has 148 valence electrons. The van der Waals surface area contributed by atoms with Crippen LogP contribution in [0.2, 0.25) is 10.0 Å². The summed E-state index contributed by atoms with van der Waals surface area (Å²) in [4.78, 5) is 4.58. The zero-order chi connectivity index (χ0) is 19.8. The monoisotopic (exact) mass is 424 g/mol. The Bertz CT molecular complexity index is 612. The summed E-state index contributed by atoms with van der Waals surface area (Å²) in [6.45, 7) is 0. The Kier molecular flexibility index (Phi) is 9.47. The summed E-state index contributed by atoms with van der Waals surface area (Å²) in [6.07, 6.45) is 2.26. The standard InChI is InChI=1S/C22H30Cl2N2S/c1-25(2)21(17-5-9-19(23)10-6-17)13-15-27-16-14-22(26(3)4)18-7-11-20(24)12-8-18/h5-12,21-22H,13-16H2,1-4H3. The van der Waals surface area contributed by atoms with Gasteiger partial charge in [0.25, 0.3) is 0 Å². The number of hydrogen-bond acceptors (Lipinski definition) is 3. The van der Waals surface area contributed by atoms with Gasteiger partial charge in [0.15, 0.2) is 0 Å². The van der Waals surface area contributed by atoms with E-state index in [1.54, 1.807) is 0 Å². The van der Waals surface area contributed by atoms with E-state index in [9.17, 15) is 0 Å². The molecule has 2 aromatic rings. The van der Waals surface area contributed by atoms with E-state index in [1.165, 1.54) is 11.1 Å². The average molecular weight is 425 g/mol. The van der Waals surface area contributed by atoms with E-state index >= 15 is 0 Å². The molecule has 0 heterocycles. The maximum atomic E-state index is 6.03. The second kappa shape index (κ2) is 11.3. The normalized spacial score (nSPS) is 13.9. The van der Waals surface area contributed by atoms with E-state index in [-0.39, 0.29) is 0 Å². The van der Waals surface area contributed by atoms with Crippen LogP contribution < -0.4 is 0 Å². The number of rotatable bonds is 10. The zero-order valence-electron chi connectivity index (χ0n) is 16.7. The van der Waals surface area contributed by atoms with Crippen LogP contribution in [0.4, 0.5) is 0 Å². The fourth-order valence-corrected chi connectivity index (χ4v) is 4.54. The van der Waals surface area contributed by atoms with Crippen molar-refractivity contribution in [2.45, 2.75) is 24.9 Å². The molecule has 0 N–H and O–H groups in total. The second-order valence-electron chi connectivity index (χ2n) is 7.25. The minimum absolute atomic E-state index is 0.427. The van der Waals surface area contributed by atoms with Crippen LogP contribution in [0.3, 0.4) is 0 Å². The molecule has 0 bridgehead atoms. The molecule has 0 aromatic heterocycles. The molecule has 27 heavy (non-hydrogen) atoms. The molecule has 5 heteroatoms. The van der Waals surface area contributed by atoms with Crippen LogP contribution in [0.5, 0.6) is 0 Å². The van der Waals surface area contributed by atoms with Crippen molar-refractivity contribution >= 4 is 35.0 Å². The maximum Gasteiger partial charge on any atom is 0.0406 e. The molecule has 2 atom stereocenters. The van der Waals surface area contributed by atoms with E-state index in [4.69, 9.17) is 23.2 Å². The van der Waals surface area contributed by atoms with Gasteiger partial charge in [0.2, 0.25) is 0 Å². The molecule has 0 saturated carbocycles. The summed E-state index contributed by atoms with van der Waals surface area (Å²) in [5.41, 5.74) is 2.66. The van der Waals surface area contributed by atoms with E-state index in [0.717, 1.165) is 34.4 Å². The third-order valence-electron chi connectivity index (χ3n) is 4.83. The number of benzene rings is 2. The van der Waals surface area contributed by atoms with Crippen molar-refractivity contribution in [1.82, 2.24) is 9.80 Å². The first-order valence-electron chi connectivity index (χ1n) is 9.30. The van der Waals surface area contributed by atoms with Gasteiger partial charge in [-0.1, -0.05) is 47.5 Å². The maximum absolute atomic E-state index is 6.03. The van der Waals surface area contributed by atoms with Crippen LogP contribution in [0.1, 0.15) is 36.1 Å². The SMILES string of the molecule is CN(C)C(CCSCCC(c1ccc(Cl)cc1)N(C)C)c1ccc(Cl)cc1. The Morgan fingerprint density at radius 1 is 0.667 bits per heavy atom. The molecule has 0 aliphatic carbocycles. The third-order valence-corrected chi connectivity index (χ3v) is 6.38. The predicted molar refractivity (Wildman–Crippen MR) is 122 cm³/mol. The number of nitrogens with zero attached hydrogens (tertiary/aromatic N) is 2. The molecule has 2 aromatic carbocycles. The van der Waals surface area contributed by atoms with Gasteiger partial charge in [-0.3, -0.25) is 0 Å².